The molecule has 0 aliphatic rings. The minimum absolute atomic E-state index is 0.125. The number of amides is 1. The maximum absolute atomic E-state index is 11.9. The minimum Gasteiger partial charge on any atom is -0.493 e. The first-order chi connectivity index (χ1) is 11.2. The lowest BCUT2D eigenvalue weighted by Crippen LogP contribution is -2.20. The van der Waals surface area contributed by atoms with Crippen LogP contribution in [0.2, 0.25) is 0 Å². The second kappa shape index (κ2) is 8.28. The number of hydrogen-bond acceptors (Lipinski definition) is 6. The normalized spacial score (nSPS) is 10.7. The van der Waals surface area contributed by atoms with Gasteiger partial charge in [-0.2, -0.15) is 0 Å². The van der Waals surface area contributed by atoms with E-state index < -0.39 is 0 Å². The fourth-order valence-corrected chi connectivity index (χ4v) is 2.54. The summed E-state index contributed by atoms with van der Waals surface area (Å²) >= 11 is 1.36. The topological polar surface area (TPSA) is 73.3 Å². The van der Waals surface area contributed by atoms with E-state index in [0.29, 0.717) is 16.6 Å². The van der Waals surface area contributed by atoms with Gasteiger partial charge in [0.15, 0.2) is 18.1 Å². The summed E-state index contributed by atoms with van der Waals surface area (Å²) in [5.74, 6) is 0.809. The highest BCUT2D eigenvalue weighted by Gasteiger charge is 2.10. The number of hydrogen-bond donors (Lipinski definition) is 1. The van der Waals surface area contributed by atoms with Crippen LogP contribution in [-0.4, -0.2) is 29.8 Å². The molecule has 1 aromatic carbocycles. The molecule has 7 heteroatoms. The van der Waals surface area contributed by atoms with Crippen molar-refractivity contribution in [1.29, 1.82) is 0 Å². The fourth-order valence-electron chi connectivity index (χ4n) is 1.85. The van der Waals surface area contributed by atoms with E-state index in [2.05, 4.69) is 15.5 Å². The van der Waals surface area contributed by atoms with Crippen molar-refractivity contribution in [3.63, 3.8) is 0 Å². The van der Waals surface area contributed by atoms with Gasteiger partial charge in [-0.15, -0.1) is 10.2 Å². The largest absolute Gasteiger partial charge is 0.493 e. The third-order valence-electron chi connectivity index (χ3n) is 2.92. The maximum Gasteiger partial charge on any atom is 0.264 e. The molecule has 1 N–H and O–H groups in total. The molecule has 0 saturated heterocycles. The summed E-state index contributed by atoms with van der Waals surface area (Å²) < 4.78 is 10.8. The van der Waals surface area contributed by atoms with E-state index in [1.54, 1.807) is 13.2 Å². The average molecular weight is 333 g/mol. The van der Waals surface area contributed by atoms with Gasteiger partial charge >= 0.3 is 0 Å². The molecule has 0 saturated carbocycles. The van der Waals surface area contributed by atoms with Gasteiger partial charge in [-0.05, 0) is 31.0 Å². The van der Waals surface area contributed by atoms with Crippen LogP contribution in [0, 0.1) is 0 Å². The van der Waals surface area contributed by atoms with Crippen LogP contribution in [0.25, 0.3) is 6.08 Å². The molecule has 2 aromatic rings. The number of aryl methyl sites for hydroxylation is 1. The Morgan fingerprint density at radius 3 is 2.83 bits per heavy atom. The van der Waals surface area contributed by atoms with Gasteiger partial charge in [0.25, 0.3) is 5.91 Å². The molecule has 0 atom stereocenters. The van der Waals surface area contributed by atoms with E-state index in [1.807, 2.05) is 38.1 Å². The summed E-state index contributed by atoms with van der Waals surface area (Å²) in [6.07, 6.45) is 4.69. The molecule has 0 aliphatic carbocycles. The Morgan fingerprint density at radius 2 is 2.17 bits per heavy atom. The molecule has 0 aliphatic heterocycles. The Labute approximate surface area is 139 Å². The van der Waals surface area contributed by atoms with Crippen LogP contribution in [0.3, 0.4) is 0 Å². The average Bonchev–Trinajstić information content (AvgIpc) is 3.01. The summed E-state index contributed by atoms with van der Waals surface area (Å²) in [5.41, 5.74) is 1.00. The Morgan fingerprint density at radius 1 is 1.35 bits per heavy atom. The molecule has 0 unspecified atom stereocenters. The number of allylic oxidation sites excluding steroid dienone is 1. The number of carbonyl (C=O) groups excluding carboxylic acids is 1. The molecule has 1 amide bonds. The zero-order chi connectivity index (χ0) is 16.7. The zero-order valence-corrected chi connectivity index (χ0v) is 14.1. The monoisotopic (exact) mass is 333 g/mol. The van der Waals surface area contributed by atoms with Crippen molar-refractivity contribution in [3.05, 3.63) is 34.8 Å². The highest BCUT2D eigenvalue weighted by Crippen LogP contribution is 2.28. The highest BCUT2D eigenvalue weighted by molar-refractivity contribution is 7.15. The van der Waals surface area contributed by atoms with Crippen LogP contribution in [0.5, 0.6) is 11.5 Å². The van der Waals surface area contributed by atoms with Crippen molar-refractivity contribution in [2.24, 2.45) is 0 Å². The molecule has 0 bridgehead atoms. The number of nitrogens with one attached hydrogen (secondary N) is 1. The predicted molar refractivity (Wildman–Crippen MR) is 91.1 cm³/mol. The first-order valence-corrected chi connectivity index (χ1v) is 8.03. The van der Waals surface area contributed by atoms with Crippen molar-refractivity contribution in [3.8, 4) is 11.5 Å². The Bertz CT molecular complexity index is 698. The lowest BCUT2D eigenvalue weighted by atomic mass is 10.2. The smallest absolute Gasteiger partial charge is 0.264 e. The van der Waals surface area contributed by atoms with Crippen LogP contribution in [0.15, 0.2) is 24.3 Å². The number of benzene rings is 1. The van der Waals surface area contributed by atoms with Crippen molar-refractivity contribution in [2.75, 3.05) is 19.0 Å². The van der Waals surface area contributed by atoms with Gasteiger partial charge in [0, 0.05) is 0 Å². The molecule has 1 aromatic heterocycles. The molecule has 23 heavy (non-hydrogen) atoms. The van der Waals surface area contributed by atoms with Gasteiger partial charge in [-0.1, -0.05) is 36.5 Å². The number of rotatable bonds is 7. The summed E-state index contributed by atoms with van der Waals surface area (Å²) in [7, 11) is 1.56. The number of carbonyl (C=O) groups is 1. The number of ether oxygens (including phenoxy) is 2. The molecule has 1 heterocycles. The van der Waals surface area contributed by atoms with E-state index in [0.717, 1.165) is 17.0 Å². The highest BCUT2D eigenvalue weighted by atomic mass is 32.1. The van der Waals surface area contributed by atoms with E-state index >= 15 is 0 Å². The van der Waals surface area contributed by atoms with E-state index in [-0.39, 0.29) is 12.5 Å². The number of anilines is 1. The van der Waals surface area contributed by atoms with Gasteiger partial charge in [-0.25, -0.2) is 0 Å². The molecular formula is C16H19N3O3S. The van der Waals surface area contributed by atoms with Gasteiger partial charge in [0.1, 0.15) is 5.01 Å². The SMILES string of the molecule is C/C=C/c1ccc(OCC(=O)Nc2nnc(CC)s2)c(OC)c1. The van der Waals surface area contributed by atoms with Crippen LogP contribution in [0.1, 0.15) is 24.4 Å². The Kier molecular flexibility index (Phi) is 6.10. The van der Waals surface area contributed by atoms with E-state index in [4.69, 9.17) is 9.47 Å². The quantitative estimate of drug-likeness (QED) is 0.842. The first kappa shape index (κ1) is 17.0. The summed E-state index contributed by atoms with van der Waals surface area (Å²) in [6.45, 7) is 3.80. The maximum atomic E-state index is 11.9. The number of nitrogens with zero attached hydrogens (tertiary/aromatic N) is 2. The summed E-state index contributed by atoms with van der Waals surface area (Å²) in [4.78, 5) is 11.9. The number of aromatic nitrogens is 2. The summed E-state index contributed by atoms with van der Waals surface area (Å²) in [6, 6.07) is 5.53. The predicted octanol–water partition coefficient (Wildman–Crippen LogP) is 3.16. The molecule has 6 nitrogen and oxygen atoms in total. The van der Waals surface area contributed by atoms with Crippen LogP contribution in [0.4, 0.5) is 5.13 Å². The van der Waals surface area contributed by atoms with Gasteiger partial charge in [0.2, 0.25) is 5.13 Å². The lowest BCUT2D eigenvalue weighted by Gasteiger charge is -2.10. The second-order valence-corrected chi connectivity index (χ2v) is 5.66. The second-order valence-electron chi connectivity index (χ2n) is 4.60. The van der Waals surface area contributed by atoms with E-state index in [9.17, 15) is 4.79 Å². The standard InChI is InChI=1S/C16H19N3O3S/c1-4-6-11-7-8-12(13(9-11)21-3)22-10-14(20)17-16-19-18-15(5-2)23-16/h4,6-9H,5,10H2,1-3H3,(H,17,19,20)/b6-4+. The first-order valence-electron chi connectivity index (χ1n) is 7.22. The lowest BCUT2D eigenvalue weighted by molar-refractivity contribution is -0.118. The molecular weight excluding hydrogens is 314 g/mol. The minimum atomic E-state index is -0.289. The molecule has 2 rings (SSSR count). The molecule has 0 fully saturated rings. The zero-order valence-electron chi connectivity index (χ0n) is 13.3. The number of methoxy groups -OCH3 is 1. The van der Waals surface area contributed by atoms with E-state index in [1.165, 1.54) is 11.3 Å². The molecule has 0 radical (unpaired) electrons. The fraction of sp³-hybridized carbons (Fsp3) is 0.312. The Hall–Kier alpha value is -2.41. The van der Waals surface area contributed by atoms with Crippen LogP contribution in [-0.2, 0) is 11.2 Å². The van der Waals surface area contributed by atoms with Crippen molar-refractivity contribution < 1.29 is 14.3 Å². The van der Waals surface area contributed by atoms with Crippen molar-refractivity contribution in [1.82, 2.24) is 10.2 Å². The third kappa shape index (κ3) is 4.79. The van der Waals surface area contributed by atoms with Gasteiger partial charge < -0.3 is 9.47 Å². The summed E-state index contributed by atoms with van der Waals surface area (Å²) in [5, 5.41) is 11.9. The van der Waals surface area contributed by atoms with Gasteiger partial charge in [0.05, 0.1) is 7.11 Å². The molecule has 0 spiro atoms. The van der Waals surface area contributed by atoms with Crippen LogP contribution < -0.4 is 14.8 Å². The van der Waals surface area contributed by atoms with Crippen molar-refractivity contribution >= 4 is 28.5 Å². The third-order valence-corrected chi connectivity index (χ3v) is 3.90. The molecule has 122 valence electrons. The Balaban J connectivity index is 1.95. The van der Waals surface area contributed by atoms with Crippen LogP contribution >= 0.6 is 11.3 Å². The van der Waals surface area contributed by atoms with Gasteiger partial charge in [-0.3, -0.25) is 10.1 Å². The van der Waals surface area contributed by atoms with Crippen molar-refractivity contribution in [2.45, 2.75) is 20.3 Å².